The van der Waals surface area contributed by atoms with Crippen LogP contribution in [-0.2, 0) is 0 Å². The van der Waals surface area contributed by atoms with Gasteiger partial charge in [-0.2, -0.15) is 4.98 Å². The van der Waals surface area contributed by atoms with E-state index in [2.05, 4.69) is 15.3 Å². The van der Waals surface area contributed by atoms with Crippen LogP contribution in [0.4, 0.5) is 20.3 Å². The Hall–Kier alpha value is -1.17. The lowest BCUT2D eigenvalue weighted by atomic mass is 10.3. The Morgan fingerprint density at radius 3 is 2.40 bits per heavy atom. The van der Waals surface area contributed by atoms with Gasteiger partial charge in [-0.3, -0.25) is 0 Å². The Balaban J connectivity index is 3.16. The second kappa shape index (κ2) is 4.57. The number of hydrogen-bond acceptors (Lipinski definition) is 4. The average Bonchev–Trinajstić information content (AvgIpc) is 2.09. The molecule has 0 saturated heterocycles. The first-order valence-corrected chi connectivity index (χ1v) is 4.67. The molecule has 0 aliphatic heterocycles. The molecule has 0 spiro atoms. The summed E-state index contributed by atoms with van der Waals surface area (Å²) in [5, 5.41) is 2.57. The number of aromatic nitrogens is 2. The minimum absolute atomic E-state index is 0.0174. The first-order chi connectivity index (χ1) is 6.91. The van der Waals surface area contributed by atoms with E-state index in [0.717, 1.165) is 0 Å². The number of halogens is 3. The topological polar surface area (TPSA) is 63.8 Å². The fourth-order valence-corrected chi connectivity index (χ4v) is 1.18. The van der Waals surface area contributed by atoms with Gasteiger partial charge in [-0.15, -0.1) is 0 Å². The molecular weight excluding hydrogens is 226 g/mol. The van der Waals surface area contributed by atoms with E-state index in [0.29, 0.717) is 0 Å². The second-order valence-corrected chi connectivity index (χ2v) is 3.58. The molecule has 1 aromatic heterocycles. The normalized spacial score (nSPS) is 11.1. The van der Waals surface area contributed by atoms with Crippen molar-refractivity contribution in [2.24, 2.45) is 0 Å². The Morgan fingerprint density at radius 1 is 1.33 bits per heavy atom. The summed E-state index contributed by atoms with van der Waals surface area (Å²) in [6.07, 6.45) is -2.77. The Kier molecular flexibility index (Phi) is 3.62. The molecule has 0 fully saturated rings. The molecule has 0 aliphatic rings. The molecule has 1 aromatic rings. The highest BCUT2D eigenvalue weighted by Gasteiger charge is 2.18. The molecular formula is C8H11ClF2N4. The first-order valence-electron chi connectivity index (χ1n) is 4.29. The van der Waals surface area contributed by atoms with E-state index in [9.17, 15) is 8.78 Å². The molecule has 0 radical (unpaired) electrons. The van der Waals surface area contributed by atoms with E-state index in [1.165, 1.54) is 0 Å². The quantitative estimate of drug-likeness (QED) is 0.792. The maximum absolute atomic E-state index is 12.5. The molecule has 1 heterocycles. The third-order valence-corrected chi connectivity index (χ3v) is 1.75. The van der Waals surface area contributed by atoms with Crippen LogP contribution >= 0.6 is 11.6 Å². The molecule has 0 amide bonds. The van der Waals surface area contributed by atoms with Crippen LogP contribution in [0.2, 0.25) is 5.28 Å². The van der Waals surface area contributed by atoms with Crippen molar-refractivity contribution in [2.75, 3.05) is 11.1 Å². The zero-order valence-corrected chi connectivity index (χ0v) is 9.02. The Bertz CT molecular complexity index is 357. The number of anilines is 2. The maximum atomic E-state index is 12.5. The van der Waals surface area contributed by atoms with Gasteiger partial charge in [-0.1, -0.05) is 0 Å². The van der Waals surface area contributed by atoms with Gasteiger partial charge >= 0.3 is 0 Å². The van der Waals surface area contributed by atoms with Crippen LogP contribution in [0.1, 0.15) is 26.0 Å². The van der Waals surface area contributed by atoms with E-state index in [1.54, 1.807) is 0 Å². The summed E-state index contributed by atoms with van der Waals surface area (Å²) in [5.41, 5.74) is 4.77. The minimum Gasteiger partial charge on any atom is -0.394 e. The molecule has 0 aromatic carbocycles. The summed E-state index contributed by atoms with van der Waals surface area (Å²) in [7, 11) is 0. The molecule has 0 unspecified atom stereocenters. The predicted molar refractivity (Wildman–Crippen MR) is 55.2 cm³/mol. The van der Waals surface area contributed by atoms with E-state index in [4.69, 9.17) is 17.3 Å². The van der Waals surface area contributed by atoms with Crippen LogP contribution in [0, 0.1) is 0 Å². The van der Waals surface area contributed by atoms with Crippen molar-refractivity contribution in [1.29, 1.82) is 0 Å². The lowest BCUT2D eigenvalue weighted by molar-refractivity contribution is 0.147. The predicted octanol–water partition coefficient (Wildman–Crippen LogP) is 2.47. The molecule has 1 rings (SSSR count). The number of rotatable bonds is 3. The van der Waals surface area contributed by atoms with Crippen LogP contribution in [-0.4, -0.2) is 16.0 Å². The van der Waals surface area contributed by atoms with Gasteiger partial charge in [0.1, 0.15) is 11.4 Å². The van der Waals surface area contributed by atoms with Crippen molar-refractivity contribution in [3.05, 3.63) is 11.0 Å². The largest absolute Gasteiger partial charge is 0.394 e. The SMILES string of the molecule is CC(C)Nc1nc(Cl)nc(C(F)F)c1N. The van der Waals surface area contributed by atoms with Crippen LogP contribution in [0.3, 0.4) is 0 Å². The van der Waals surface area contributed by atoms with Crippen LogP contribution in [0.15, 0.2) is 0 Å². The summed E-state index contributed by atoms with van der Waals surface area (Å²) in [4.78, 5) is 7.12. The fourth-order valence-electron chi connectivity index (χ4n) is 1.01. The number of alkyl halides is 2. The summed E-state index contributed by atoms with van der Waals surface area (Å²) in [6, 6.07) is 0.0174. The fraction of sp³-hybridized carbons (Fsp3) is 0.500. The van der Waals surface area contributed by atoms with E-state index in [-0.39, 0.29) is 22.8 Å². The number of nitrogens with one attached hydrogen (secondary N) is 1. The molecule has 0 atom stereocenters. The van der Waals surface area contributed by atoms with Gasteiger partial charge < -0.3 is 11.1 Å². The van der Waals surface area contributed by atoms with Crippen LogP contribution in [0.25, 0.3) is 0 Å². The Morgan fingerprint density at radius 2 is 1.93 bits per heavy atom. The van der Waals surface area contributed by atoms with Crippen molar-refractivity contribution >= 4 is 23.1 Å². The highest BCUT2D eigenvalue weighted by molar-refractivity contribution is 6.28. The highest BCUT2D eigenvalue weighted by atomic mass is 35.5. The van der Waals surface area contributed by atoms with Crippen molar-refractivity contribution in [1.82, 2.24) is 9.97 Å². The van der Waals surface area contributed by atoms with Crippen molar-refractivity contribution in [3.8, 4) is 0 Å². The molecule has 3 N–H and O–H groups in total. The smallest absolute Gasteiger partial charge is 0.282 e. The number of nitrogens with zero attached hydrogens (tertiary/aromatic N) is 2. The molecule has 0 saturated carbocycles. The van der Waals surface area contributed by atoms with Gasteiger partial charge in [0, 0.05) is 6.04 Å². The second-order valence-electron chi connectivity index (χ2n) is 3.24. The van der Waals surface area contributed by atoms with Crippen LogP contribution in [0.5, 0.6) is 0 Å². The van der Waals surface area contributed by atoms with Gasteiger partial charge in [-0.25, -0.2) is 13.8 Å². The first kappa shape index (κ1) is 11.9. The number of nitrogen functional groups attached to an aromatic ring is 1. The summed E-state index contributed by atoms with van der Waals surface area (Å²) < 4.78 is 24.9. The zero-order valence-electron chi connectivity index (χ0n) is 8.26. The van der Waals surface area contributed by atoms with Gasteiger partial charge in [-0.05, 0) is 25.4 Å². The maximum Gasteiger partial charge on any atom is 0.282 e. The minimum atomic E-state index is -2.77. The van der Waals surface area contributed by atoms with E-state index in [1.807, 2.05) is 13.8 Å². The highest BCUT2D eigenvalue weighted by Crippen LogP contribution is 2.29. The van der Waals surface area contributed by atoms with Crippen molar-refractivity contribution < 1.29 is 8.78 Å². The Labute approximate surface area is 90.9 Å². The molecule has 4 nitrogen and oxygen atoms in total. The molecule has 0 aliphatic carbocycles. The molecule has 0 bridgehead atoms. The van der Waals surface area contributed by atoms with Gasteiger partial charge in [0.15, 0.2) is 5.82 Å². The average molecular weight is 237 g/mol. The number of nitrogens with two attached hydrogens (primary N) is 1. The standard InChI is InChI=1S/C8H11ClF2N4/c1-3(2)13-7-4(12)5(6(10)11)14-8(9)15-7/h3,6H,12H2,1-2H3,(H,13,14,15). The zero-order chi connectivity index (χ0) is 11.6. The van der Waals surface area contributed by atoms with Gasteiger partial charge in [0.2, 0.25) is 5.28 Å². The summed E-state index contributed by atoms with van der Waals surface area (Å²) in [5.74, 6) is 0.139. The lowest BCUT2D eigenvalue weighted by Crippen LogP contribution is -2.15. The monoisotopic (exact) mass is 236 g/mol. The van der Waals surface area contributed by atoms with Gasteiger partial charge in [0.25, 0.3) is 6.43 Å². The summed E-state index contributed by atoms with van der Waals surface area (Å²) >= 11 is 5.50. The molecule has 84 valence electrons. The van der Waals surface area contributed by atoms with E-state index >= 15 is 0 Å². The summed E-state index contributed by atoms with van der Waals surface area (Å²) in [6.45, 7) is 3.66. The van der Waals surface area contributed by atoms with Crippen molar-refractivity contribution in [2.45, 2.75) is 26.3 Å². The lowest BCUT2D eigenvalue weighted by Gasteiger charge is -2.13. The number of hydrogen-bond donors (Lipinski definition) is 2. The third-order valence-electron chi connectivity index (χ3n) is 1.58. The van der Waals surface area contributed by atoms with E-state index < -0.39 is 12.1 Å². The van der Waals surface area contributed by atoms with Crippen LogP contribution < -0.4 is 11.1 Å². The third kappa shape index (κ3) is 2.89. The molecule has 7 heteroatoms. The van der Waals surface area contributed by atoms with Gasteiger partial charge in [0.05, 0.1) is 0 Å². The van der Waals surface area contributed by atoms with Crippen molar-refractivity contribution in [3.63, 3.8) is 0 Å². The molecule has 15 heavy (non-hydrogen) atoms.